The number of nitrogens with one attached hydrogen (secondary N) is 1. The lowest BCUT2D eigenvalue weighted by molar-refractivity contribution is -0.154. The summed E-state index contributed by atoms with van der Waals surface area (Å²) in [4.78, 5) is 30.0. The summed E-state index contributed by atoms with van der Waals surface area (Å²) in [5.74, 6) is -2.18. The van der Waals surface area contributed by atoms with Crippen LogP contribution in [0.5, 0.6) is 0 Å². The van der Waals surface area contributed by atoms with Crippen molar-refractivity contribution in [3.8, 4) is 0 Å². The van der Waals surface area contributed by atoms with Crippen molar-refractivity contribution in [2.24, 2.45) is 11.8 Å². The molecule has 1 saturated heterocycles. The SMILES string of the molecule is CC(C)C[C@H]1CN(Cc2ccccc2)CCN1C(=O)[C@H](CCCc1ccc(F)cc1)[C@H](O)C(=O)NO. The monoisotopic (exact) mass is 499 g/mol. The first-order valence-electron chi connectivity index (χ1n) is 12.7. The molecule has 0 aromatic heterocycles. The minimum Gasteiger partial charge on any atom is -0.382 e. The van der Waals surface area contributed by atoms with Gasteiger partial charge in [-0.15, -0.1) is 0 Å². The number of halogens is 1. The van der Waals surface area contributed by atoms with E-state index in [0.717, 1.165) is 18.5 Å². The normalized spacial score (nSPS) is 18.2. The van der Waals surface area contributed by atoms with Crippen LogP contribution in [0.25, 0.3) is 0 Å². The van der Waals surface area contributed by atoms with Gasteiger partial charge < -0.3 is 10.0 Å². The molecule has 3 N–H and O–H groups in total. The number of hydrogen-bond acceptors (Lipinski definition) is 5. The van der Waals surface area contributed by atoms with Crippen molar-refractivity contribution in [3.63, 3.8) is 0 Å². The van der Waals surface area contributed by atoms with Crippen molar-refractivity contribution in [1.29, 1.82) is 0 Å². The summed E-state index contributed by atoms with van der Waals surface area (Å²) >= 11 is 0. The van der Waals surface area contributed by atoms with Gasteiger partial charge in [-0.1, -0.05) is 56.3 Å². The Morgan fingerprint density at radius 1 is 1.06 bits per heavy atom. The minimum atomic E-state index is -1.65. The molecule has 0 bridgehead atoms. The highest BCUT2D eigenvalue weighted by Crippen LogP contribution is 2.25. The molecule has 2 amide bonds. The molecular weight excluding hydrogens is 461 g/mol. The Morgan fingerprint density at radius 2 is 1.75 bits per heavy atom. The van der Waals surface area contributed by atoms with Gasteiger partial charge in [0.1, 0.15) is 11.9 Å². The van der Waals surface area contributed by atoms with Crippen molar-refractivity contribution in [1.82, 2.24) is 15.3 Å². The van der Waals surface area contributed by atoms with Crippen LogP contribution in [0.3, 0.4) is 0 Å². The van der Waals surface area contributed by atoms with Crippen molar-refractivity contribution in [2.75, 3.05) is 19.6 Å². The summed E-state index contributed by atoms with van der Waals surface area (Å²) in [6.45, 7) is 6.95. The zero-order chi connectivity index (χ0) is 26.1. The maximum Gasteiger partial charge on any atom is 0.272 e. The van der Waals surface area contributed by atoms with E-state index in [9.17, 15) is 19.1 Å². The van der Waals surface area contributed by atoms with E-state index in [2.05, 4.69) is 30.9 Å². The number of nitrogens with zero attached hydrogens (tertiary/aromatic N) is 2. The lowest BCUT2D eigenvalue weighted by Gasteiger charge is -2.44. The van der Waals surface area contributed by atoms with Crippen LogP contribution in [0.15, 0.2) is 54.6 Å². The molecule has 0 spiro atoms. The summed E-state index contributed by atoms with van der Waals surface area (Å²) in [6, 6.07) is 16.3. The molecule has 0 saturated carbocycles. The second-order valence-corrected chi connectivity index (χ2v) is 10.1. The molecule has 0 radical (unpaired) electrons. The molecule has 1 heterocycles. The number of aliphatic hydroxyl groups is 1. The van der Waals surface area contributed by atoms with E-state index in [4.69, 9.17) is 5.21 Å². The van der Waals surface area contributed by atoms with Crippen LogP contribution in [-0.4, -0.2) is 63.7 Å². The fraction of sp³-hybridized carbons (Fsp3) is 0.500. The molecular formula is C28H38FN3O4. The van der Waals surface area contributed by atoms with Crippen LogP contribution in [-0.2, 0) is 22.6 Å². The van der Waals surface area contributed by atoms with E-state index in [1.54, 1.807) is 12.1 Å². The van der Waals surface area contributed by atoms with Gasteiger partial charge in [0, 0.05) is 32.2 Å². The molecule has 1 aliphatic heterocycles. The summed E-state index contributed by atoms with van der Waals surface area (Å²) in [5.41, 5.74) is 3.62. The van der Waals surface area contributed by atoms with E-state index in [-0.39, 0.29) is 24.2 Å². The first-order valence-corrected chi connectivity index (χ1v) is 12.7. The Hall–Kier alpha value is -2.81. The number of aryl methyl sites for hydroxylation is 1. The summed E-state index contributed by atoms with van der Waals surface area (Å²) in [5, 5.41) is 19.7. The molecule has 36 heavy (non-hydrogen) atoms. The summed E-state index contributed by atoms with van der Waals surface area (Å²) in [6.07, 6.45) is 0.529. The summed E-state index contributed by atoms with van der Waals surface area (Å²) < 4.78 is 13.2. The van der Waals surface area contributed by atoms with Crippen molar-refractivity contribution >= 4 is 11.8 Å². The van der Waals surface area contributed by atoms with Gasteiger partial charge in [-0.3, -0.25) is 19.7 Å². The van der Waals surface area contributed by atoms with Crippen LogP contribution in [0.4, 0.5) is 4.39 Å². The average molecular weight is 500 g/mol. The number of hydroxylamine groups is 1. The van der Waals surface area contributed by atoms with Gasteiger partial charge in [0.2, 0.25) is 5.91 Å². The molecule has 3 rings (SSSR count). The van der Waals surface area contributed by atoms with Crippen LogP contribution < -0.4 is 5.48 Å². The third-order valence-corrected chi connectivity index (χ3v) is 6.81. The molecule has 2 aromatic rings. The van der Waals surface area contributed by atoms with E-state index in [1.807, 2.05) is 23.1 Å². The Kier molecular flexibility index (Phi) is 10.4. The lowest BCUT2D eigenvalue weighted by Crippen LogP contribution is -2.58. The lowest BCUT2D eigenvalue weighted by atomic mass is 9.90. The third kappa shape index (κ3) is 7.85. The molecule has 0 unspecified atom stereocenters. The van der Waals surface area contributed by atoms with Gasteiger partial charge in [0.25, 0.3) is 5.91 Å². The first-order chi connectivity index (χ1) is 17.3. The van der Waals surface area contributed by atoms with E-state index < -0.39 is 17.9 Å². The van der Waals surface area contributed by atoms with Gasteiger partial charge in [0.05, 0.1) is 5.92 Å². The maximum atomic E-state index is 13.7. The predicted octanol–water partition coefficient (Wildman–Crippen LogP) is 3.39. The fourth-order valence-electron chi connectivity index (χ4n) is 5.00. The number of carbonyl (C=O) groups is 2. The van der Waals surface area contributed by atoms with Crippen molar-refractivity contribution < 1.29 is 24.3 Å². The zero-order valence-corrected chi connectivity index (χ0v) is 21.1. The zero-order valence-electron chi connectivity index (χ0n) is 21.1. The Balaban J connectivity index is 1.71. The Labute approximate surface area is 212 Å². The van der Waals surface area contributed by atoms with Crippen LogP contribution >= 0.6 is 0 Å². The number of rotatable bonds is 11. The highest BCUT2D eigenvalue weighted by molar-refractivity contribution is 5.89. The van der Waals surface area contributed by atoms with Crippen molar-refractivity contribution in [3.05, 3.63) is 71.5 Å². The topological polar surface area (TPSA) is 93.1 Å². The van der Waals surface area contributed by atoms with Gasteiger partial charge in [0.15, 0.2) is 0 Å². The Morgan fingerprint density at radius 3 is 2.39 bits per heavy atom. The largest absolute Gasteiger partial charge is 0.382 e. The number of amides is 2. The van der Waals surface area contributed by atoms with Crippen LogP contribution in [0.1, 0.15) is 44.2 Å². The van der Waals surface area contributed by atoms with E-state index >= 15 is 0 Å². The second kappa shape index (κ2) is 13.5. The third-order valence-electron chi connectivity index (χ3n) is 6.81. The molecule has 1 aliphatic rings. The van der Waals surface area contributed by atoms with Gasteiger partial charge in [-0.25, -0.2) is 9.87 Å². The highest BCUT2D eigenvalue weighted by atomic mass is 19.1. The van der Waals surface area contributed by atoms with E-state index in [1.165, 1.54) is 23.2 Å². The highest BCUT2D eigenvalue weighted by Gasteiger charge is 2.39. The molecule has 2 aromatic carbocycles. The minimum absolute atomic E-state index is 0.0426. The number of piperazine rings is 1. The molecule has 8 heteroatoms. The second-order valence-electron chi connectivity index (χ2n) is 10.1. The maximum absolute atomic E-state index is 13.7. The number of benzene rings is 2. The average Bonchev–Trinajstić information content (AvgIpc) is 2.87. The molecule has 3 atom stereocenters. The quantitative estimate of drug-likeness (QED) is 0.326. The number of aliphatic hydroxyl groups excluding tert-OH is 1. The smallest absolute Gasteiger partial charge is 0.272 e. The van der Waals surface area contributed by atoms with Crippen LogP contribution in [0.2, 0.25) is 0 Å². The first kappa shape index (κ1) is 27.8. The Bertz CT molecular complexity index is 971. The standard InChI is InChI=1S/C28H38FN3O4/c1-20(2)17-24-19-31(18-22-7-4-3-5-8-22)15-16-32(24)28(35)25(26(33)27(34)30-36)10-6-9-21-11-13-23(29)14-12-21/h3-5,7-8,11-14,20,24-26,33,36H,6,9-10,15-19H2,1-2H3,(H,30,34)/t24-,25+,26-/m0/s1. The van der Waals surface area contributed by atoms with Crippen LogP contribution in [0, 0.1) is 17.7 Å². The predicted molar refractivity (Wildman–Crippen MR) is 135 cm³/mol. The van der Waals surface area contributed by atoms with E-state index in [0.29, 0.717) is 38.4 Å². The van der Waals surface area contributed by atoms with Gasteiger partial charge in [-0.05, 0) is 54.9 Å². The molecule has 1 fully saturated rings. The van der Waals surface area contributed by atoms with Crippen molar-refractivity contribution in [2.45, 2.75) is 58.2 Å². The fourth-order valence-corrected chi connectivity index (χ4v) is 5.00. The number of hydrogen-bond donors (Lipinski definition) is 3. The molecule has 7 nitrogen and oxygen atoms in total. The molecule has 196 valence electrons. The number of carbonyl (C=O) groups excluding carboxylic acids is 2. The van der Waals surface area contributed by atoms with Gasteiger partial charge >= 0.3 is 0 Å². The summed E-state index contributed by atoms with van der Waals surface area (Å²) in [7, 11) is 0. The van der Waals surface area contributed by atoms with Gasteiger partial charge in [-0.2, -0.15) is 0 Å². The molecule has 0 aliphatic carbocycles.